The molecule has 0 heterocycles. The Labute approximate surface area is 155 Å². The van der Waals surface area contributed by atoms with E-state index in [9.17, 15) is 18.0 Å². The topological polar surface area (TPSA) is 32.3 Å². The highest BCUT2D eigenvalue weighted by atomic mass is 19.4. The first kappa shape index (κ1) is 18.8. The molecule has 3 aromatic rings. The van der Waals surface area contributed by atoms with Crippen molar-refractivity contribution in [1.82, 2.24) is 0 Å². The lowest BCUT2D eigenvalue weighted by Gasteiger charge is -2.27. The molecule has 0 radical (unpaired) electrons. The Balaban J connectivity index is 1.80. The number of rotatable bonds is 4. The number of nitrogens with one attached hydrogen (secondary N) is 1. The number of carbonyl (C=O) groups is 1. The number of halogens is 3. The maximum atomic E-state index is 13.1. The smallest absolute Gasteiger partial charge is 0.363 e. The van der Waals surface area contributed by atoms with Crippen LogP contribution in [0.4, 0.5) is 24.5 Å². The average molecular weight is 372 g/mol. The van der Waals surface area contributed by atoms with Crippen LogP contribution in [0.2, 0.25) is 0 Å². The third-order valence-corrected chi connectivity index (χ3v) is 4.59. The summed E-state index contributed by atoms with van der Waals surface area (Å²) >= 11 is 0. The Bertz CT molecular complexity index is 969. The van der Waals surface area contributed by atoms with Crippen LogP contribution in [0, 0.1) is 0 Å². The highest BCUT2D eigenvalue weighted by Gasteiger charge is 2.34. The highest BCUT2D eigenvalue weighted by Crippen LogP contribution is 2.34. The number of carbonyl (C=O) groups excluding carboxylic acids is 1. The van der Waals surface area contributed by atoms with Crippen molar-refractivity contribution in [3.8, 4) is 0 Å². The van der Waals surface area contributed by atoms with Gasteiger partial charge in [0.15, 0.2) is 0 Å². The molecule has 0 spiro atoms. The summed E-state index contributed by atoms with van der Waals surface area (Å²) in [6.45, 7) is 1.65. The molecule has 6 heteroatoms. The SMILES string of the molecule is CC(C(=O)Nc1ccccc1C(F)(F)F)N(C)c1ccc2ccccc2c1. The van der Waals surface area contributed by atoms with Gasteiger partial charge in [0.2, 0.25) is 5.91 Å². The Hall–Kier alpha value is -3.02. The van der Waals surface area contributed by atoms with Crippen LogP contribution in [0.5, 0.6) is 0 Å². The first-order valence-electron chi connectivity index (χ1n) is 8.46. The zero-order chi connectivity index (χ0) is 19.6. The van der Waals surface area contributed by atoms with Gasteiger partial charge in [-0.1, -0.05) is 42.5 Å². The van der Waals surface area contributed by atoms with Crippen molar-refractivity contribution in [2.75, 3.05) is 17.3 Å². The minimum atomic E-state index is -4.53. The molecule has 0 aromatic heterocycles. The van der Waals surface area contributed by atoms with Crippen molar-refractivity contribution in [2.45, 2.75) is 19.1 Å². The van der Waals surface area contributed by atoms with Crippen molar-refractivity contribution < 1.29 is 18.0 Å². The zero-order valence-electron chi connectivity index (χ0n) is 14.9. The normalized spacial score (nSPS) is 12.6. The minimum absolute atomic E-state index is 0.242. The summed E-state index contributed by atoms with van der Waals surface area (Å²) in [5.41, 5.74) is -0.298. The van der Waals surface area contributed by atoms with Gasteiger partial charge in [-0.15, -0.1) is 0 Å². The first-order chi connectivity index (χ1) is 12.8. The fourth-order valence-corrected chi connectivity index (χ4v) is 2.87. The number of benzene rings is 3. The van der Waals surface area contributed by atoms with Gasteiger partial charge in [0.25, 0.3) is 0 Å². The Morgan fingerprint density at radius 3 is 2.30 bits per heavy atom. The van der Waals surface area contributed by atoms with E-state index in [0.29, 0.717) is 0 Å². The molecule has 0 aliphatic carbocycles. The van der Waals surface area contributed by atoms with Crippen molar-refractivity contribution in [3.63, 3.8) is 0 Å². The summed E-state index contributed by atoms with van der Waals surface area (Å²) in [5.74, 6) is -0.512. The molecule has 0 saturated carbocycles. The third-order valence-electron chi connectivity index (χ3n) is 4.59. The summed E-state index contributed by atoms with van der Waals surface area (Å²) in [6, 6.07) is 17.9. The van der Waals surface area contributed by atoms with E-state index < -0.39 is 23.7 Å². The van der Waals surface area contributed by atoms with Crippen LogP contribution in [0.15, 0.2) is 66.7 Å². The third kappa shape index (κ3) is 4.05. The Kier molecular flexibility index (Phi) is 5.08. The summed E-state index contributed by atoms with van der Waals surface area (Å²) in [5, 5.41) is 4.50. The molecule has 0 aliphatic rings. The molecule has 0 aliphatic heterocycles. The van der Waals surface area contributed by atoms with E-state index in [1.807, 2.05) is 42.5 Å². The number of para-hydroxylation sites is 1. The standard InChI is InChI=1S/C21H19F3N2O/c1-14(20(27)25-19-10-6-5-9-18(19)21(22,23)24)26(2)17-12-11-15-7-3-4-8-16(15)13-17/h3-14H,1-2H3,(H,25,27). The highest BCUT2D eigenvalue weighted by molar-refractivity contribution is 5.97. The lowest BCUT2D eigenvalue weighted by atomic mass is 10.1. The van der Waals surface area contributed by atoms with Crippen LogP contribution < -0.4 is 10.2 Å². The predicted molar refractivity (Wildman–Crippen MR) is 102 cm³/mol. The number of likely N-dealkylation sites (N-methyl/N-ethyl adjacent to an activating group) is 1. The molecule has 0 bridgehead atoms. The van der Waals surface area contributed by atoms with Gasteiger partial charge in [-0.05, 0) is 42.0 Å². The molecule has 1 unspecified atom stereocenters. The van der Waals surface area contributed by atoms with E-state index in [1.165, 1.54) is 18.2 Å². The van der Waals surface area contributed by atoms with E-state index in [-0.39, 0.29) is 5.69 Å². The minimum Gasteiger partial charge on any atom is -0.363 e. The number of hydrogen-bond donors (Lipinski definition) is 1. The number of amides is 1. The summed E-state index contributed by atoms with van der Waals surface area (Å²) in [7, 11) is 1.74. The quantitative estimate of drug-likeness (QED) is 0.672. The fraction of sp³-hybridized carbons (Fsp3) is 0.190. The van der Waals surface area contributed by atoms with Gasteiger partial charge in [-0.25, -0.2) is 0 Å². The Morgan fingerprint density at radius 1 is 0.963 bits per heavy atom. The number of alkyl halides is 3. The molecule has 27 heavy (non-hydrogen) atoms. The first-order valence-corrected chi connectivity index (χ1v) is 8.46. The van der Waals surface area contributed by atoms with E-state index >= 15 is 0 Å². The van der Waals surface area contributed by atoms with Crippen LogP contribution >= 0.6 is 0 Å². The molecular weight excluding hydrogens is 353 g/mol. The monoisotopic (exact) mass is 372 g/mol. The number of fused-ring (bicyclic) bond motifs is 1. The number of nitrogens with zero attached hydrogens (tertiary/aromatic N) is 1. The second-order valence-corrected chi connectivity index (χ2v) is 6.35. The van der Waals surface area contributed by atoms with Crippen LogP contribution in [0.25, 0.3) is 10.8 Å². The van der Waals surface area contributed by atoms with Crippen molar-refractivity contribution in [3.05, 3.63) is 72.3 Å². The van der Waals surface area contributed by atoms with Gasteiger partial charge in [-0.2, -0.15) is 13.2 Å². The van der Waals surface area contributed by atoms with E-state index in [0.717, 1.165) is 22.5 Å². The predicted octanol–water partition coefficient (Wildman–Crippen LogP) is 5.32. The fourth-order valence-electron chi connectivity index (χ4n) is 2.87. The molecule has 3 aromatic carbocycles. The largest absolute Gasteiger partial charge is 0.418 e. The van der Waals surface area contributed by atoms with Crippen LogP contribution in [0.3, 0.4) is 0 Å². The van der Waals surface area contributed by atoms with Gasteiger partial charge in [0, 0.05) is 12.7 Å². The van der Waals surface area contributed by atoms with Crippen LogP contribution in [0.1, 0.15) is 12.5 Å². The molecule has 3 nitrogen and oxygen atoms in total. The van der Waals surface area contributed by atoms with E-state index in [2.05, 4.69) is 5.32 Å². The van der Waals surface area contributed by atoms with E-state index in [1.54, 1.807) is 18.9 Å². The van der Waals surface area contributed by atoms with Crippen molar-refractivity contribution in [1.29, 1.82) is 0 Å². The summed E-state index contributed by atoms with van der Waals surface area (Å²) in [6.07, 6.45) is -4.53. The zero-order valence-corrected chi connectivity index (χ0v) is 14.9. The maximum absolute atomic E-state index is 13.1. The van der Waals surface area contributed by atoms with Gasteiger partial charge in [-0.3, -0.25) is 4.79 Å². The van der Waals surface area contributed by atoms with Gasteiger partial charge in [0.1, 0.15) is 6.04 Å². The molecular formula is C21H19F3N2O. The molecule has 1 amide bonds. The molecule has 1 N–H and O–H groups in total. The average Bonchev–Trinajstić information content (AvgIpc) is 2.66. The van der Waals surface area contributed by atoms with Gasteiger partial charge in [0.05, 0.1) is 11.3 Å². The van der Waals surface area contributed by atoms with Crippen molar-refractivity contribution in [2.24, 2.45) is 0 Å². The molecule has 1 atom stereocenters. The molecule has 3 rings (SSSR count). The van der Waals surface area contributed by atoms with Crippen LogP contribution in [-0.2, 0) is 11.0 Å². The van der Waals surface area contributed by atoms with E-state index in [4.69, 9.17) is 0 Å². The summed E-state index contributed by atoms with van der Waals surface area (Å²) in [4.78, 5) is 14.3. The molecule has 0 saturated heterocycles. The molecule has 140 valence electrons. The molecule has 0 fully saturated rings. The van der Waals surface area contributed by atoms with Gasteiger partial charge < -0.3 is 10.2 Å². The lowest BCUT2D eigenvalue weighted by Crippen LogP contribution is -2.40. The van der Waals surface area contributed by atoms with Crippen LogP contribution in [-0.4, -0.2) is 19.0 Å². The Morgan fingerprint density at radius 2 is 1.59 bits per heavy atom. The second kappa shape index (κ2) is 7.31. The number of anilines is 2. The van der Waals surface area contributed by atoms with Gasteiger partial charge >= 0.3 is 6.18 Å². The summed E-state index contributed by atoms with van der Waals surface area (Å²) < 4.78 is 39.3. The second-order valence-electron chi connectivity index (χ2n) is 6.35. The number of hydrogen-bond acceptors (Lipinski definition) is 2. The lowest BCUT2D eigenvalue weighted by molar-refractivity contribution is -0.137. The van der Waals surface area contributed by atoms with Crippen molar-refractivity contribution >= 4 is 28.1 Å². The maximum Gasteiger partial charge on any atom is 0.418 e.